The normalized spacial score (nSPS) is 16.8. The van der Waals surface area contributed by atoms with E-state index in [1.165, 1.54) is 0 Å². The molecule has 0 unspecified atom stereocenters. The van der Waals surface area contributed by atoms with Crippen LogP contribution in [0.3, 0.4) is 0 Å². The topological polar surface area (TPSA) is 64.1 Å². The number of nitrogen functional groups attached to an aromatic ring is 1. The lowest BCUT2D eigenvalue weighted by Gasteiger charge is -2.09. The summed E-state index contributed by atoms with van der Waals surface area (Å²) in [5.74, 6) is 0.460. The van der Waals surface area contributed by atoms with Crippen molar-refractivity contribution in [3.63, 3.8) is 0 Å². The van der Waals surface area contributed by atoms with E-state index in [1.54, 1.807) is 0 Å². The van der Waals surface area contributed by atoms with Gasteiger partial charge >= 0.3 is 0 Å². The smallest absolute Gasteiger partial charge is 0.226 e. The highest BCUT2D eigenvalue weighted by molar-refractivity contribution is 5.39. The lowest BCUT2D eigenvalue weighted by molar-refractivity contribution is 0.427. The maximum absolute atomic E-state index is 5.49. The standard InChI is InChI=1S/C6H9N3O/c7-6-4-3-8-2-1-5(4)9-10-6/h8H,1-3,7H2. The highest BCUT2D eigenvalue weighted by atomic mass is 16.5. The summed E-state index contributed by atoms with van der Waals surface area (Å²) in [6.07, 6.45) is 0.927. The second kappa shape index (κ2) is 1.98. The monoisotopic (exact) mass is 139 g/mol. The number of anilines is 1. The van der Waals surface area contributed by atoms with E-state index in [2.05, 4.69) is 10.5 Å². The van der Waals surface area contributed by atoms with Crippen molar-refractivity contribution < 1.29 is 4.52 Å². The molecule has 3 N–H and O–H groups in total. The zero-order valence-corrected chi connectivity index (χ0v) is 5.55. The summed E-state index contributed by atoms with van der Waals surface area (Å²) in [6, 6.07) is 0. The van der Waals surface area contributed by atoms with Crippen LogP contribution in [0.4, 0.5) is 5.88 Å². The molecule has 10 heavy (non-hydrogen) atoms. The van der Waals surface area contributed by atoms with Crippen molar-refractivity contribution in [2.75, 3.05) is 12.3 Å². The van der Waals surface area contributed by atoms with Crippen LogP contribution in [0, 0.1) is 0 Å². The maximum Gasteiger partial charge on any atom is 0.226 e. The second-order valence-corrected chi connectivity index (χ2v) is 2.40. The Morgan fingerprint density at radius 1 is 1.60 bits per heavy atom. The highest BCUT2D eigenvalue weighted by Gasteiger charge is 2.15. The van der Waals surface area contributed by atoms with Crippen molar-refractivity contribution in [3.8, 4) is 0 Å². The van der Waals surface area contributed by atoms with Crippen LogP contribution in [-0.2, 0) is 13.0 Å². The largest absolute Gasteiger partial charge is 0.367 e. The predicted octanol–water partition coefficient (Wildman–Crippen LogP) is -0.0975. The van der Waals surface area contributed by atoms with Gasteiger partial charge in [-0.1, -0.05) is 5.16 Å². The molecule has 2 heterocycles. The van der Waals surface area contributed by atoms with E-state index >= 15 is 0 Å². The Morgan fingerprint density at radius 3 is 3.30 bits per heavy atom. The number of aromatic nitrogens is 1. The van der Waals surface area contributed by atoms with Gasteiger partial charge in [-0.05, 0) is 0 Å². The molecule has 0 aliphatic carbocycles. The molecule has 0 bridgehead atoms. The minimum atomic E-state index is 0.460. The van der Waals surface area contributed by atoms with Crippen molar-refractivity contribution >= 4 is 5.88 Å². The summed E-state index contributed by atoms with van der Waals surface area (Å²) < 4.78 is 4.81. The first kappa shape index (κ1) is 5.73. The first-order valence-corrected chi connectivity index (χ1v) is 3.31. The van der Waals surface area contributed by atoms with Gasteiger partial charge in [0.15, 0.2) is 0 Å². The molecule has 0 saturated carbocycles. The van der Waals surface area contributed by atoms with E-state index in [9.17, 15) is 0 Å². The van der Waals surface area contributed by atoms with Gasteiger partial charge < -0.3 is 15.6 Å². The number of fused-ring (bicyclic) bond motifs is 1. The minimum Gasteiger partial charge on any atom is -0.367 e. The van der Waals surface area contributed by atoms with E-state index < -0.39 is 0 Å². The molecular formula is C6H9N3O. The Kier molecular flexibility index (Phi) is 1.14. The summed E-state index contributed by atoms with van der Waals surface area (Å²) in [6.45, 7) is 1.77. The van der Waals surface area contributed by atoms with Crippen LogP contribution in [0.25, 0.3) is 0 Å². The summed E-state index contributed by atoms with van der Waals surface area (Å²) >= 11 is 0. The van der Waals surface area contributed by atoms with Gasteiger partial charge in [-0.2, -0.15) is 0 Å². The van der Waals surface area contributed by atoms with Crippen molar-refractivity contribution in [1.29, 1.82) is 0 Å². The van der Waals surface area contributed by atoms with Crippen LogP contribution in [-0.4, -0.2) is 11.7 Å². The van der Waals surface area contributed by atoms with Crippen LogP contribution in [0.15, 0.2) is 4.52 Å². The third-order valence-corrected chi connectivity index (χ3v) is 1.74. The van der Waals surface area contributed by atoms with Crippen LogP contribution in [0.2, 0.25) is 0 Å². The Bertz CT molecular complexity index is 243. The Morgan fingerprint density at radius 2 is 2.50 bits per heavy atom. The Labute approximate surface area is 58.4 Å². The van der Waals surface area contributed by atoms with Gasteiger partial charge in [0.05, 0.1) is 11.3 Å². The molecule has 0 aromatic carbocycles. The average Bonchev–Trinajstić information content (AvgIpc) is 2.34. The van der Waals surface area contributed by atoms with Gasteiger partial charge in [-0.25, -0.2) is 0 Å². The molecule has 0 fully saturated rings. The van der Waals surface area contributed by atoms with Gasteiger partial charge in [-0.15, -0.1) is 0 Å². The predicted molar refractivity (Wildman–Crippen MR) is 36.3 cm³/mol. The number of nitrogens with zero attached hydrogens (tertiary/aromatic N) is 1. The van der Waals surface area contributed by atoms with Crippen molar-refractivity contribution in [3.05, 3.63) is 11.3 Å². The molecule has 4 nitrogen and oxygen atoms in total. The van der Waals surface area contributed by atoms with Crippen LogP contribution >= 0.6 is 0 Å². The molecule has 0 radical (unpaired) electrons. The second-order valence-electron chi connectivity index (χ2n) is 2.40. The molecule has 0 amide bonds. The quantitative estimate of drug-likeness (QED) is 0.527. The van der Waals surface area contributed by atoms with Crippen molar-refractivity contribution in [1.82, 2.24) is 10.5 Å². The summed E-state index contributed by atoms with van der Waals surface area (Å²) in [7, 11) is 0. The first-order valence-electron chi connectivity index (χ1n) is 3.31. The van der Waals surface area contributed by atoms with E-state index in [4.69, 9.17) is 10.3 Å². The lowest BCUT2D eigenvalue weighted by atomic mass is 10.1. The van der Waals surface area contributed by atoms with Crippen LogP contribution in [0.5, 0.6) is 0 Å². The molecule has 0 spiro atoms. The van der Waals surface area contributed by atoms with Gasteiger partial charge in [0.25, 0.3) is 0 Å². The summed E-state index contributed by atoms with van der Waals surface area (Å²) in [5, 5.41) is 7.00. The molecule has 1 aliphatic rings. The molecule has 4 heteroatoms. The van der Waals surface area contributed by atoms with Crippen molar-refractivity contribution in [2.45, 2.75) is 13.0 Å². The maximum atomic E-state index is 5.49. The molecule has 1 aromatic rings. The number of hydrogen-bond donors (Lipinski definition) is 2. The van der Waals surface area contributed by atoms with Crippen LogP contribution < -0.4 is 11.1 Å². The number of nitrogens with one attached hydrogen (secondary N) is 1. The third kappa shape index (κ3) is 0.690. The fourth-order valence-electron chi connectivity index (χ4n) is 1.16. The van der Waals surface area contributed by atoms with Crippen LogP contribution in [0.1, 0.15) is 11.3 Å². The molecule has 2 rings (SSSR count). The highest BCUT2D eigenvalue weighted by Crippen LogP contribution is 2.18. The number of nitrogens with two attached hydrogens (primary N) is 1. The third-order valence-electron chi connectivity index (χ3n) is 1.74. The molecule has 54 valence electrons. The van der Waals surface area contributed by atoms with Gasteiger partial charge in [0.2, 0.25) is 5.88 Å². The zero-order chi connectivity index (χ0) is 6.97. The Balaban J connectivity index is 2.45. The van der Waals surface area contributed by atoms with Gasteiger partial charge in [0.1, 0.15) is 0 Å². The number of hydrogen-bond acceptors (Lipinski definition) is 4. The van der Waals surface area contributed by atoms with Gasteiger partial charge in [0, 0.05) is 19.5 Å². The van der Waals surface area contributed by atoms with E-state index in [0.29, 0.717) is 5.88 Å². The average molecular weight is 139 g/mol. The first-order chi connectivity index (χ1) is 4.88. The fraction of sp³-hybridized carbons (Fsp3) is 0.500. The zero-order valence-electron chi connectivity index (χ0n) is 5.55. The molecule has 0 atom stereocenters. The Hall–Kier alpha value is -1.03. The lowest BCUT2D eigenvalue weighted by Crippen LogP contribution is -2.23. The van der Waals surface area contributed by atoms with E-state index in [1.807, 2.05) is 0 Å². The van der Waals surface area contributed by atoms with Crippen molar-refractivity contribution in [2.24, 2.45) is 0 Å². The molecule has 1 aliphatic heterocycles. The molecule has 1 aromatic heterocycles. The minimum absolute atomic E-state index is 0.460. The molecular weight excluding hydrogens is 130 g/mol. The SMILES string of the molecule is Nc1onc2c1CNCC2. The molecule has 0 saturated heterocycles. The number of rotatable bonds is 0. The fourth-order valence-corrected chi connectivity index (χ4v) is 1.16. The van der Waals surface area contributed by atoms with E-state index in [0.717, 1.165) is 30.8 Å². The van der Waals surface area contributed by atoms with E-state index in [-0.39, 0.29) is 0 Å². The van der Waals surface area contributed by atoms with Gasteiger partial charge in [-0.3, -0.25) is 0 Å². The summed E-state index contributed by atoms with van der Waals surface area (Å²) in [4.78, 5) is 0. The summed E-state index contributed by atoms with van der Waals surface area (Å²) in [5.41, 5.74) is 7.54.